The van der Waals surface area contributed by atoms with Gasteiger partial charge in [0, 0.05) is 0 Å². The van der Waals surface area contributed by atoms with Crippen molar-refractivity contribution >= 4 is 0 Å². The Morgan fingerprint density at radius 2 is 1.71 bits per heavy atom. The van der Waals surface area contributed by atoms with E-state index < -0.39 is 11.6 Å². The molecule has 0 saturated carbocycles. The van der Waals surface area contributed by atoms with E-state index in [1.165, 1.54) is 19.6 Å². The number of halogens is 2. The number of rotatable bonds is 1. The van der Waals surface area contributed by atoms with Gasteiger partial charge in [0.15, 0.2) is 11.6 Å². The van der Waals surface area contributed by atoms with E-state index in [9.17, 15) is 8.78 Å². The summed E-state index contributed by atoms with van der Waals surface area (Å²) in [5.74, 6) is -1.83. The third kappa shape index (κ3) is 3.32. The molecule has 0 heterocycles. The van der Waals surface area contributed by atoms with Crippen LogP contribution in [0.15, 0.2) is 12.1 Å². The van der Waals surface area contributed by atoms with Crippen molar-refractivity contribution in [1.29, 1.82) is 0 Å². The summed E-state index contributed by atoms with van der Waals surface area (Å²) in [6.07, 6.45) is 1.25. The van der Waals surface area contributed by atoms with E-state index in [0.717, 1.165) is 6.07 Å². The summed E-state index contributed by atoms with van der Waals surface area (Å²) in [7, 11) is 1.31. The van der Waals surface area contributed by atoms with Crippen LogP contribution in [0.3, 0.4) is 0 Å². The Balaban J connectivity index is 0.000000500. The van der Waals surface area contributed by atoms with Crippen molar-refractivity contribution in [2.24, 2.45) is 0 Å². The van der Waals surface area contributed by atoms with Crippen LogP contribution in [0.4, 0.5) is 8.78 Å². The first kappa shape index (κ1) is 12.9. The summed E-state index contributed by atoms with van der Waals surface area (Å²) in [4.78, 5) is 0. The van der Waals surface area contributed by atoms with Crippen LogP contribution in [-0.2, 0) is 0 Å². The topological polar surface area (TPSA) is 9.23 Å². The molecule has 80 valence electrons. The third-order valence-corrected chi connectivity index (χ3v) is 1.45. The number of methoxy groups -OCH3 is 1. The maximum absolute atomic E-state index is 12.8. The van der Waals surface area contributed by atoms with Crippen LogP contribution >= 0.6 is 0 Å². The fourth-order valence-corrected chi connectivity index (χ4v) is 0.879. The zero-order valence-electron chi connectivity index (χ0n) is 9.03. The first-order valence-corrected chi connectivity index (χ1v) is 4.57. The standard InChI is InChI=1S/C8H8F2O.C3H8/c1-5-3-4-6(9)7(10)8(5)11-2;1-3-2/h3-4H,1-2H3;3H2,1-2H3. The molecule has 1 aromatic carbocycles. The maximum atomic E-state index is 12.8. The second kappa shape index (κ2) is 6.35. The number of ether oxygens (including phenoxy) is 1. The molecule has 0 aromatic heterocycles. The Labute approximate surface area is 83.7 Å². The summed E-state index contributed by atoms with van der Waals surface area (Å²) < 4.78 is 29.9. The average molecular weight is 202 g/mol. The summed E-state index contributed by atoms with van der Waals surface area (Å²) in [5.41, 5.74) is 0.589. The van der Waals surface area contributed by atoms with Crippen LogP contribution in [0.25, 0.3) is 0 Å². The summed E-state index contributed by atoms with van der Waals surface area (Å²) in [5, 5.41) is 0. The molecule has 0 fully saturated rings. The SMILES string of the molecule is CCC.COc1c(C)ccc(F)c1F. The van der Waals surface area contributed by atoms with Gasteiger partial charge in [0.2, 0.25) is 5.82 Å². The van der Waals surface area contributed by atoms with Crippen molar-refractivity contribution in [3.05, 3.63) is 29.3 Å². The van der Waals surface area contributed by atoms with Crippen molar-refractivity contribution in [2.75, 3.05) is 7.11 Å². The highest BCUT2D eigenvalue weighted by Crippen LogP contribution is 2.23. The third-order valence-electron chi connectivity index (χ3n) is 1.45. The Morgan fingerprint density at radius 1 is 1.21 bits per heavy atom. The van der Waals surface area contributed by atoms with Crippen molar-refractivity contribution < 1.29 is 13.5 Å². The molecule has 1 aromatic rings. The number of hydrogen-bond donors (Lipinski definition) is 0. The van der Waals surface area contributed by atoms with Gasteiger partial charge in [0.05, 0.1) is 7.11 Å². The van der Waals surface area contributed by atoms with Gasteiger partial charge in [-0.1, -0.05) is 26.3 Å². The molecule has 0 aliphatic carbocycles. The Morgan fingerprint density at radius 3 is 2.07 bits per heavy atom. The van der Waals surface area contributed by atoms with E-state index >= 15 is 0 Å². The molecule has 0 amide bonds. The number of aryl methyl sites for hydroxylation is 1. The smallest absolute Gasteiger partial charge is 0.200 e. The van der Waals surface area contributed by atoms with Crippen LogP contribution in [0, 0.1) is 18.6 Å². The highest BCUT2D eigenvalue weighted by molar-refractivity contribution is 5.34. The summed E-state index contributed by atoms with van der Waals surface area (Å²) in [6.45, 7) is 5.90. The molecule has 0 atom stereocenters. The zero-order chi connectivity index (χ0) is 11.1. The van der Waals surface area contributed by atoms with Crippen LogP contribution in [0.1, 0.15) is 25.8 Å². The molecule has 0 radical (unpaired) electrons. The Bertz CT molecular complexity index is 285. The van der Waals surface area contributed by atoms with E-state index in [4.69, 9.17) is 0 Å². The molecule has 1 nitrogen and oxygen atoms in total. The molecule has 1 rings (SSSR count). The van der Waals surface area contributed by atoms with Gasteiger partial charge >= 0.3 is 0 Å². The van der Waals surface area contributed by atoms with E-state index in [0.29, 0.717) is 5.56 Å². The number of hydrogen-bond acceptors (Lipinski definition) is 1. The predicted molar refractivity (Wildman–Crippen MR) is 53.6 cm³/mol. The van der Waals surface area contributed by atoms with Crippen LogP contribution in [0.5, 0.6) is 5.75 Å². The lowest BCUT2D eigenvalue weighted by molar-refractivity contribution is 0.369. The van der Waals surface area contributed by atoms with Crippen molar-refractivity contribution in [1.82, 2.24) is 0 Å². The lowest BCUT2D eigenvalue weighted by Crippen LogP contribution is -1.94. The average Bonchev–Trinajstić information content (AvgIpc) is 2.14. The molecule has 0 aliphatic rings. The number of benzene rings is 1. The first-order valence-electron chi connectivity index (χ1n) is 4.57. The van der Waals surface area contributed by atoms with Crippen molar-refractivity contribution in [3.63, 3.8) is 0 Å². The summed E-state index contributed by atoms with van der Waals surface area (Å²) in [6, 6.07) is 2.55. The second-order valence-corrected chi connectivity index (χ2v) is 2.92. The molecular formula is C11H16F2O. The molecule has 0 unspecified atom stereocenters. The van der Waals surface area contributed by atoms with Crippen LogP contribution < -0.4 is 4.74 Å². The molecule has 0 N–H and O–H groups in total. The van der Waals surface area contributed by atoms with E-state index in [-0.39, 0.29) is 5.75 Å². The van der Waals surface area contributed by atoms with E-state index in [1.807, 2.05) is 0 Å². The van der Waals surface area contributed by atoms with Gasteiger partial charge < -0.3 is 4.74 Å². The van der Waals surface area contributed by atoms with Gasteiger partial charge in [-0.2, -0.15) is 4.39 Å². The van der Waals surface area contributed by atoms with Gasteiger partial charge in [-0.3, -0.25) is 0 Å². The Kier molecular flexibility index (Phi) is 5.84. The fraction of sp³-hybridized carbons (Fsp3) is 0.455. The second-order valence-electron chi connectivity index (χ2n) is 2.92. The zero-order valence-corrected chi connectivity index (χ0v) is 9.03. The maximum Gasteiger partial charge on any atom is 0.200 e. The molecule has 0 spiro atoms. The fourth-order valence-electron chi connectivity index (χ4n) is 0.879. The lowest BCUT2D eigenvalue weighted by Gasteiger charge is -2.04. The van der Waals surface area contributed by atoms with Gasteiger partial charge in [-0.15, -0.1) is 0 Å². The van der Waals surface area contributed by atoms with Gasteiger partial charge in [-0.05, 0) is 18.6 Å². The normalized spacial score (nSPS) is 9.00. The Hall–Kier alpha value is -1.12. The molecular weight excluding hydrogens is 186 g/mol. The highest BCUT2D eigenvalue weighted by Gasteiger charge is 2.10. The quantitative estimate of drug-likeness (QED) is 0.674. The largest absolute Gasteiger partial charge is 0.493 e. The monoisotopic (exact) mass is 202 g/mol. The minimum Gasteiger partial charge on any atom is -0.493 e. The minimum absolute atomic E-state index is 0.0231. The van der Waals surface area contributed by atoms with Gasteiger partial charge in [-0.25, -0.2) is 4.39 Å². The summed E-state index contributed by atoms with van der Waals surface area (Å²) >= 11 is 0. The van der Waals surface area contributed by atoms with Crippen LogP contribution in [0.2, 0.25) is 0 Å². The molecule has 14 heavy (non-hydrogen) atoms. The minimum atomic E-state index is -0.924. The van der Waals surface area contributed by atoms with Crippen molar-refractivity contribution in [2.45, 2.75) is 27.2 Å². The highest BCUT2D eigenvalue weighted by atomic mass is 19.2. The molecule has 0 bridgehead atoms. The van der Waals surface area contributed by atoms with E-state index in [2.05, 4.69) is 18.6 Å². The first-order chi connectivity index (χ1) is 6.58. The van der Waals surface area contributed by atoms with Gasteiger partial charge in [0.1, 0.15) is 0 Å². The predicted octanol–water partition coefficient (Wildman–Crippen LogP) is 3.70. The van der Waals surface area contributed by atoms with Crippen LogP contribution in [-0.4, -0.2) is 7.11 Å². The molecule has 0 aliphatic heterocycles. The molecule has 3 heteroatoms. The van der Waals surface area contributed by atoms with E-state index in [1.54, 1.807) is 6.92 Å². The van der Waals surface area contributed by atoms with Gasteiger partial charge in [0.25, 0.3) is 0 Å². The van der Waals surface area contributed by atoms with Crippen molar-refractivity contribution in [3.8, 4) is 5.75 Å². The molecule has 0 saturated heterocycles. The lowest BCUT2D eigenvalue weighted by atomic mass is 10.2.